The molecule has 3 aromatic rings. The van der Waals surface area contributed by atoms with Gasteiger partial charge in [-0.3, -0.25) is 0 Å². The summed E-state index contributed by atoms with van der Waals surface area (Å²) in [6, 6.07) is 22.9. The van der Waals surface area contributed by atoms with Gasteiger partial charge >= 0.3 is 0 Å². The molecule has 0 aromatic heterocycles. The highest BCUT2D eigenvalue weighted by molar-refractivity contribution is 5.99. The number of rotatable bonds is 2. The summed E-state index contributed by atoms with van der Waals surface area (Å²) in [6.07, 6.45) is 11.9. The molecule has 0 radical (unpaired) electrons. The highest BCUT2D eigenvalue weighted by Gasteiger charge is 2.52. The van der Waals surface area contributed by atoms with Crippen LogP contribution in [0.3, 0.4) is 0 Å². The lowest BCUT2D eigenvalue weighted by atomic mass is 9.69. The number of aryl methyl sites for hydroxylation is 1. The molecule has 32 heavy (non-hydrogen) atoms. The zero-order valence-electron chi connectivity index (χ0n) is 19.5. The second kappa shape index (κ2) is 6.69. The average Bonchev–Trinajstić information content (AvgIpc) is 3.18. The molecule has 0 saturated heterocycles. The number of benzene rings is 3. The largest absolute Gasteiger partial charge is 0.0747 e. The third-order valence-corrected chi connectivity index (χ3v) is 7.78. The van der Waals surface area contributed by atoms with Crippen LogP contribution in [0, 0.1) is 12.3 Å². The molecule has 0 N–H and O–H groups in total. The normalized spacial score (nSPS) is 18.4. The first-order chi connectivity index (χ1) is 15.5. The number of allylic oxidation sites excluding steroid dienone is 6. The van der Waals surface area contributed by atoms with Crippen LogP contribution in [0.5, 0.6) is 0 Å². The molecule has 0 aliphatic heterocycles. The monoisotopic (exact) mass is 414 g/mol. The summed E-state index contributed by atoms with van der Waals surface area (Å²) in [7, 11) is 0. The summed E-state index contributed by atoms with van der Waals surface area (Å²) in [5.41, 5.74) is 14.1. The Hall–Kier alpha value is -3.12. The molecule has 0 amide bonds. The van der Waals surface area contributed by atoms with Gasteiger partial charge in [0, 0.05) is 5.41 Å². The van der Waals surface area contributed by atoms with E-state index in [9.17, 15) is 0 Å². The third-order valence-electron chi connectivity index (χ3n) is 7.78. The Balaban J connectivity index is 1.79. The molecular formula is C32H30. The lowest BCUT2D eigenvalue weighted by Gasteiger charge is -2.32. The Bertz CT molecular complexity index is 1310. The SMILES string of the molecule is CCCc1ccc2c(c1C)C1=C(C=CC(C)(C)C=C1)C21c2ccccc2-c2ccccc21. The molecule has 3 aliphatic rings. The summed E-state index contributed by atoms with van der Waals surface area (Å²) >= 11 is 0. The van der Waals surface area contributed by atoms with Crippen molar-refractivity contribution in [3.05, 3.63) is 124 Å². The lowest BCUT2D eigenvalue weighted by molar-refractivity contribution is 0.625. The Kier molecular flexibility index (Phi) is 4.09. The zero-order valence-corrected chi connectivity index (χ0v) is 19.5. The predicted molar refractivity (Wildman–Crippen MR) is 136 cm³/mol. The maximum Gasteiger partial charge on any atom is 0.0725 e. The van der Waals surface area contributed by atoms with Crippen LogP contribution >= 0.6 is 0 Å². The summed E-state index contributed by atoms with van der Waals surface area (Å²) < 4.78 is 0. The second-order valence-corrected chi connectivity index (χ2v) is 10.2. The van der Waals surface area contributed by atoms with Gasteiger partial charge in [-0.05, 0) is 69.0 Å². The van der Waals surface area contributed by atoms with E-state index in [-0.39, 0.29) is 10.8 Å². The van der Waals surface area contributed by atoms with Gasteiger partial charge < -0.3 is 0 Å². The molecule has 1 spiro atoms. The first-order valence-corrected chi connectivity index (χ1v) is 11.9. The number of hydrogen-bond donors (Lipinski definition) is 0. The van der Waals surface area contributed by atoms with Crippen LogP contribution in [0.15, 0.2) is 90.5 Å². The van der Waals surface area contributed by atoms with Gasteiger partial charge in [0.25, 0.3) is 0 Å². The van der Waals surface area contributed by atoms with E-state index in [1.165, 1.54) is 62.1 Å². The molecule has 0 unspecified atom stereocenters. The van der Waals surface area contributed by atoms with Crippen molar-refractivity contribution in [3.63, 3.8) is 0 Å². The fraction of sp³-hybridized carbons (Fsp3) is 0.250. The minimum atomic E-state index is -0.241. The molecule has 3 aromatic carbocycles. The summed E-state index contributed by atoms with van der Waals surface area (Å²) in [5, 5.41) is 0. The van der Waals surface area contributed by atoms with Crippen molar-refractivity contribution in [2.24, 2.45) is 5.41 Å². The van der Waals surface area contributed by atoms with Crippen LogP contribution in [0.1, 0.15) is 60.6 Å². The fourth-order valence-corrected chi connectivity index (χ4v) is 6.29. The summed E-state index contributed by atoms with van der Waals surface area (Å²) in [6.45, 7) is 9.21. The van der Waals surface area contributed by atoms with Crippen LogP contribution in [0.4, 0.5) is 0 Å². The molecule has 0 fully saturated rings. The van der Waals surface area contributed by atoms with Gasteiger partial charge in [0.15, 0.2) is 0 Å². The maximum absolute atomic E-state index is 2.44. The van der Waals surface area contributed by atoms with Crippen LogP contribution < -0.4 is 0 Å². The molecule has 0 heterocycles. The predicted octanol–water partition coefficient (Wildman–Crippen LogP) is 8.18. The topological polar surface area (TPSA) is 0 Å². The van der Waals surface area contributed by atoms with Crippen molar-refractivity contribution in [2.75, 3.05) is 0 Å². The van der Waals surface area contributed by atoms with Gasteiger partial charge in [-0.1, -0.05) is 112 Å². The van der Waals surface area contributed by atoms with Gasteiger partial charge in [-0.15, -0.1) is 0 Å². The van der Waals surface area contributed by atoms with Crippen LogP contribution in [0.2, 0.25) is 0 Å². The van der Waals surface area contributed by atoms with E-state index in [1.807, 2.05) is 0 Å². The quantitative estimate of drug-likeness (QED) is 0.396. The zero-order chi connectivity index (χ0) is 22.1. The molecule has 6 rings (SSSR count). The maximum atomic E-state index is 2.44. The smallest absolute Gasteiger partial charge is 0.0725 e. The van der Waals surface area contributed by atoms with Gasteiger partial charge in [0.05, 0.1) is 5.41 Å². The Morgan fingerprint density at radius 3 is 2.00 bits per heavy atom. The molecule has 0 nitrogen and oxygen atoms in total. The van der Waals surface area contributed by atoms with E-state index in [0.29, 0.717) is 0 Å². The van der Waals surface area contributed by atoms with Gasteiger partial charge in [-0.25, -0.2) is 0 Å². The minimum absolute atomic E-state index is 0.0399. The Labute approximate surface area is 192 Å². The van der Waals surface area contributed by atoms with Gasteiger partial charge in [0.2, 0.25) is 0 Å². The molecule has 158 valence electrons. The van der Waals surface area contributed by atoms with Crippen LogP contribution in [-0.2, 0) is 11.8 Å². The molecular weight excluding hydrogens is 384 g/mol. The average molecular weight is 415 g/mol. The van der Waals surface area contributed by atoms with Crippen LogP contribution in [0.25, 0.3) is 16.7 Å². The van der Waals surface area contributed by atoms with Crippen molar-refractivity contribution in [2.45, 2.75) is 46.0 Å². The van der Waals surface area contributed by atoms with Gasteiger partial charge in [0.1, 0.15) is 0 Å². The first kappa shape index (κ1) is 19.6. The highest BCUT2D eigenvalue weighted by atomic mass is 14.5. The van der Waals surface area contributed by atoms with Crippen molar-refractivity contribution >= 4 is 5.57 Å². The standard InChI is InChI=1S/C32H30/c1-5-10-22-15-16-29-30(21(22)2)25-17-19-31(3,4)20-18-28(25)32(29)26-13-8-6-11-23(26)24-12-7-9-14-27(24)32/h6-9,11-20H,5,10H2,1-4H3. The van der Waals surface area contributed by atoms with E-state index in [2.05, 4.69) is 113 Å². The minimum Gasteiger partial charge on any atom is -0.0747 e. The summed E-state index contributed by atoms with van der Waals surface area (Å²) in [4.78, 5) is 0. The third kappa shape index (κ3) is 2.39. The fourth-order valence-electron chi connectivity index (χ4n) is 6.29. The lowest BCUT2D eigenvalue weighted by Crippen LogP contribution is -2.27. The van der Waals surface area contributed by atoms with Crippen molar-refractivity contribution in [1.82, 2.24) is 0 Å². The Morgan fingerprint density at radius 2 is 1.34 bits per heavy atom. The molecule has 0 heteroatoms. The van der Waals surface area contributed by atoms with Crippen LogP contribution in [-0.4, -0.2) is 0 Å². The van der Waals surface area contributed by atoms with Crippen molar-refractivity contribution in [3.8, 4) is 11.1 Å². The van der Waals surface area contributed by atoms with Crippen molar-refractivity contribution in [1.29, 1.82) is 0 Å². The molecule has 0 bridgehead atoms. The molecule has 3 aliphatic carbocycles. The first-order valence-electron chi connectivity index (χ1n) is 11.9. The highest BCUT2D eigenvalue weighted by Crippen LogP contribution is 2.63. The van der Waals surface area contributed by atoms with E-state index < -0.39 is 0 Å². The second-order valence-electron chi connectivity index (χ2n) is 10.2. The number of hydrogen-bond acceptors (Lipinski definition) is 0. The van der Waals surface area contributed by atoms with E-state index in [0.717, 1.165) is 6.42 Å². The number of fused-ring (bicyclic) bond motifs is 9. The molecule has 0 atom stereocenters. The summed E-state index contributed by atoms with van der Waals surface area (Å²) in [5.74, 6) is 0. The molecule has 0 saturated carbocycles. The van der Waals surface area contributed by atoms with Gasteiger partial charge in [-0.2, -0.15) is 0 Å². The Morgan fingerprint density at radius 1 is 0.719 bits per heavy atom. The van der Waals surface area contributed by atoms with E-state index in [1.54, 1.807) is 0 Å². The van der Waals surface area contributed by atoms with Crippen molar-refractivity contribution < 1.29 is 0 Å². The van der Waals surface area contributed by atoms with E-state index >= 15 is 0 Å². The van der Waals surface area contributed by atoms with E-state index in [4.69, 9.17) is 0 Å².